The Labute approximate surface area is 794 Å². The van der Waals surface area contributed by atoms with Crippen LogP contribution in [0.15, 0.2) is 260 Å². The highest BCUT2D eigenvalue weighted by molar-refractivity contribution is 14.4. The zero-order valence-corrected chi connectivity index (χ0v) is 85.6. The first-order valence-electron chi connectivity index (χ1n) is 42.8. The molecule has 0 aliphatic carbocycles. The first kappa shape index (κ1) is 91.4. The van der Waals surface area contributed by atoms with E-state index in [0.717, 1.165) is 56.5 Å². The van der Waals surface area contributed by atoms with Crippen molar-refractivity contribution in [2.75, 3.05) is 19.6 Å². The van der Waals surface area contributed by atoms with E-state index < -0.39 is 0 Å². The maximum Gasteiger partial charge on any atom is 0.355 e. The Hall–Kier alpha value is -7.86. The summed E-state index contributed by atoms with van der Waals surface area (Å²) in [4.78, 5) is 12.4. The predicted molar refractivity (Wildman–Crippen MR) is 572 cm³/mol. The predicted octanol–water partition coefficient (Wildman–Crippen LogP) is 34.4. The summed E-state index contributed by atoms with van der Waals surface area (Å²) < 4.78 is 2.10. The second kappa shape index (κ2) is 35.8. The number of aryl methyl sites for hydroxylation is 6. The molecule has 628 valence electrons. The normalized spacial score (nSPS) is 12.7. The minimum absolute atomic E-state index is 0.00954. The van der Waals surface area contributed by atoms with Crippen LogP contribution in [0.5, 0.6) is 0 Å². The Bertz CT molecular complexity index is 6200. The van der Waals surface area contributed by atoms with Crippen LogP contribution < -0.4 is 35.3 Å². The lowest BCUT2D eigenvalue weighted by molar-refractivity contribution is 0.589. The molecule has 123 heavy (non-hydrogen) atoms. The molecule has 4 heterocycles. The molecule has 0 saturated heterocycles. The molecule has 2 aliphatic rings. The van der Waals surface area contributed by atoms with E-state index in [1.54, 1.807) is 0 Å². The lowest BCUT2D eigenvalue weighted by Gasteiger charge is -2.44. The highest BCUT2D eigenvalue weighted by Gasteiger charge is 2.48. The molecule has 0 bridgehead atoms. The van der Waals surface area contributed by atoms with Crippen LogP contribution >= 0.6 is 113 Å². The van der Waals surface area contributed by atoms with E-state index in [4.69, 9.17) is 23.2 Å². The zero-order valence-electron chi connectivity index (χ0n) is 76.0. The third-order valence-electron chi connectivity index (χ3n) is 24.3. The van der Waals surface area contributed by atoms with Crippen molar-refractivity contribution in [1.29, 1.82) is 0 Å². The van der Waals surface area contributed by atoms with E-state index in [-0.39, 0.29) is 39.2 Å². The maximum atomic E-state index is 7.44. The third-order valence-corrected chi connectivity index (χ3v) is 27.0. The smallest absolute Gasteiger partial charge is 0.311 e. The Morgan fingerprint density at radius 3 is 1.15 bits per heavy atom. The van der Waals surface area contributed by atoms with Gasteiger partial charge in [0.2, 0.25) is 0 Å². The van der Waals surface area contributed by atoms with Gasteiger partial charge in [0.15, 0.2) is 0 Å². The summed E-state index contributed by atoms with van der Waals surface area (Å²) in [6.07, 6.45) is 0. The summed E-state index contributed by atoms with van der Waals surface area (Å²) >= 11 is 25.5. The number of anilines is 12. The molecule has 12 aromatic carbocycles. The number of thiophene rings is 2. The van der Waals surface area contributed by atoms with Gasteiger partial charge in [-0.25, -0.2) is 0 Å². The standard InChI is InChI=1S/C55H56BClN2S.C55H59ClN2S.BI3/c1-33-17-13-15-19-41(33)48-50-52(60-51(48)42-20-16-14-18-34(42)2)56-43-30-38(55(10,11)12)24-28-45(43)58(40-25-21-36(22-26-40)53(4,5)6)46-31-39(57)32-47(49(46)56)59(50)44-27-23-37(29-35(44)3)54(7,8)9;1-36-17-13-15-19-47(36)51-50(35-59-52(51)48-20-16-14-18-37(48)2)58(49-30-25-41(31-38(49)3)55(10,11)12)46-33-42(56)32-45(34-46)57(43-26-21-39(22-27-43)53(4,5)6)44-28-23-40(24-29-44)54(7,8)9;2-1(3)4/h13-32H,1-12H3;13-35H,1-12H3;. The fraction of sp³-hybridized carbons (Fsp3) is 0.273. The van der Waals surface area contributed by atoms with Gasteiger partial charge in [-0.3, -0.25) is 0 Å². The van der Waals surface area contributed by atoms with Crippen molar-refractivity contribution in [3.05, 3.63) is 337 Å². The van der Waals surface area contributed by atoms with Gasteiger partial charge in [0.1, 0.15) is 0 Å². The van der Waals surface area contributed by atoms with Gasteiger partial charge in [0.25, 0.3) is 6.71 Å². The van der Waals surface area contributed by atoms with Crippen molar-refractivity contribution in [3.8, 4) is 43.1 Å². The topological polar surface area (TPSA) is 13.0 Å². The van der Waals surface area contributed by atoms with Gasteiger partial charge >= 0.3 is 0.282 Å². The van der Waals surface area contributed by atoms with E-state index in [1.807, 2.05) is 22.7 Å². The van der Waals surface area contributed by atoms with Crippen molar-refractivity contribution in [3.63, 3.8) is 0 Å². The average Bonchev–Trinajstić information content (AvgIpc) is 1.63. The summed E-state index contributed by atoms with van der Waals surface area (Å²) in [6, 6.07) is 94.8. The number of nitrogens with zero attached hydrogens (tertiary/aromatic N) is 4. The van der Waals surface area contributed by atoms with Crippen LogP contribution in [0, 0.1) is 41.5 Å². The molecule has 13 heteroatoms. The van der Waals surface area contributed by atoms with Gasteiger partial charge in [0, 0.05) is 98.0 Å². The molecule has 16 rings (SSSR count). The summed E-state index contributed by atoms with van der Waals surface area (Å²) in [6.45, 7) is 54.6. The number of benzene rings is 12. The van der Waals surface area contributed by atoms with Gasteiger partial charge in [-0.2, -0.15) is 0 Å². The van der Waals surface area contributed by atoms with Crippen LogP contribution in [0.3, 0.4) is 0 Å². The molecule has 0 atom stereocenters. The monoisotopic (exact) mass is 2030 g/mol. The van der Waals surface area contributed by atoms with Crippen LogP contribution in [0.25, 0.3) is 43.1 Å². The number of rotatable bonds is 12. The quantitative estimate of drug-likeness (QED) is 0.0893. The second-order valence-electron chi connectivity index (χ2n) is 39.6. The lowest BCUT2D eigenvalue weighted by Crippen LogP contribution is -2.60. The fourth-order valence-electron chi connectivity index (χ4n) is 17.3. The summed E-state index contributed by atoms with van der Waals surface area (Å²) in [5.74, 6) is 0. The Balaban J connectivity index is 0.000000192. The van der Waals surface area contributed by atoms with Crippen molar-refractivity contribution >= 4 is 204 Å². The van der Waals surface area contributed by atoms with E-state index in [1.165, 1.54) is 143 Å². The average molecular weight is 2030 g/mol. The molecule has 4 nitrogen and oxygen atoms in total. The number of fused-ring (bicyclic) bond motifs is 4. The molecule has 0 N–H and O–H groups in total. The minimum atomic E-state index is -0.0408. The maximum absolute atomic E-state index is 7.44. The largest absolute Gasteiger partial charge is 0.355 e. The SMILES string of the molecule is Cc1ccccc1-c1sc2c(c1-c1ccccc1C)N(c1ccc(C(C)(C)C)cc1C)c1cc(Cl)cc3c1B2c1cc(C(C)(C)C)ccc1N3c1ccc(C(C)(C)C)cc1.Cc1ccccc1-c1scc(N(c2cc(Cl)cc(N(c3ccc(C(C)(C)C)cc3)c3ccc(C(C)(C)C)cc3)c2)c2ccc(C(C)(C)C)cc2C)c1-c1ccccc1C.IB(I)I. The van der Waals surface area contributed by atoms with Crippen LogP contribution in [0.2, 0.25) is 10.0 Å². The highest BCUT2D eigenvalue weighted by atomic mass is 127. The van der Waals surface area contributed by atoms with Crippen molar-refractivity contribution in [2.24, 2.45) is 0 Å². The molecule has 2 aromatic heterocycles. The van der Waals surface area contributed by atoms with Crippen molar-refractivity contribution < 1.29 is 0 Å². The summed E-state index contributed by atoms with van der Waals surface area (Å²) in [5.41, 5.74) is 38.9. The molecule has 0 amide bonds. The minimum Gasteiger partial charge on any atom is -0.311 e. The van der Waals surface area contributed by atoms with Crippen molar-refractivity contribution in [2.45, 2.75) is 199 Å². The van der Waals surface area contributed by atoms with E-state index >= 15 is 0 Å². The highest BCUT2D eigenvalue weighted by Crippen LogP contribution is 2.57. The van der Waals surface area contributed by atoms with Crippen molar-refractivity contribution in [1.82, 2.24) is 0 Å². The molecule has 14 aromatic rings. The number of halogens is 5. The van der Waals surface area contributed by atoms with E-state index in [2.05, 4.69) is 513 Å². The first-order chi connectivity index (χ1) is 57.9. The molecule has 0 spiro atoms. The molecular formula is C110H115B2Cl2I3N4S2. The van der Waals surface area contributed by atoms with Crippen LogP contribution in [0.1, 0.15) is 191 Å². The molecule has 2 aliphatic heterocycles. The Morgan fingerprint density at radius 1 is 0.325 bits per heavy atom. The Morgan fingerprint density at radius 2 is 0.699 bits per heavy atom. The van der Waals surface area contributed by atoms with E-state index in [0.29, 0.717) is 5.02 Å². The molecular weight excluding hydrogens is 1910 g/mol. The second-order valence-corrected chi connectivity index (χ2v) is 53.3. The van der Waals surface area contributed by atoms with Crippen LogP contribution in [-0.2, 0) is 32.5 Å². The van der Waals surface area contributed by atoms with Gasteiger partial charge < -0.3 is 19.6 Å². The molecule has 0 saturated carbocycles. The van der Waals surface area contributed by atoms with Gasteiger partial charge in [-0.05, 0) is 259 Å². The Kier molecular flexibility index (Phi) is 26.6. The van der Waals surface area contributed by atoms with Gasteiger partial charge in [-0.15, -0.1) is 89.8 Å². The first-order valence-corrected chi connectivity index (χ1v) is 49.0. The number of hydrogen-bond donors (Lipinski definition) is 0. The molecule has 0 fully saturated rings. The lowest BCUT2D eigenvalue weighted by atomic mass is 9.36. The number of hydrogen-bond acceptors (Lipinski definition) is 6. The summed E-state index contributed by atoms with van der Waals surface area (Å²) in [7, 11) is 0. The molecule has 0 unspecified atom stereocenters. The van der Waals surface area contributed by atoms with Crippen LogP contribution in [-0.4, -0.2) is 6.99 Å². The molecule has 0 radical (unpaired) electrons. The van der Waals surface area contributed by atoms with E-state index in [9.17, 15) is 0 Å². The van der Waals surface area contributed by atoms with Crippen LogP contribution in [0.4, 0.5) is 68.2 Å². The third kappa shape index (κ3) is 19.1. The fourth-order valence-corrected chi connectivity index (χ4v) is 20.4. The zero-order chi connectivity index (χ0) is 88.6. The summed E-state index contributed by atoms with van der Waals surface area (Å²) in [5, 5.41) is 3.73. The van der Waals surface area contributed by atoms with Gasteiger partial charge in [0.05, 0.1) is 11.4 Å². The van der Waals surface area contributed by atoms with Gasteiger partial charge in [-0.1, -0.05) is 318 Å².